The van der Waals surface area contributed by atoms with Crippen LogP contribution in [0.2, 0.25) is 0 Å². The third-order valence-electron chi connectivity index (χ3n) is 5.93. The summed E-state index contributed by atoms with van der Waals surface area (Å²) in [5.74, 6) is -1.06. The van der Waals surface area contributed by atoms with Crippen molar-refractivity contribution in [1.82, 2.24) is 19.1 Å². The van der Waals surface area contributed by atoms with E-state index in [0.717, 1.165) is 21.3 Å². The van der Waals surface area contributed by atoms with Crippen LogP contribution in [-0.4, -0.2) is 37.3 Å². The predicted octanol–water partition coefficient (Wildman–Crippen LogP) is 4.59. The second-order valence-corrected chi connectivity index (χ2v) is 9.11. The van der Waals surface area contributed by atoms with Crippen molar-refractivity contribution in [3.8, 4) is 11.6 Å². The van der Waals surface area contributed by atoms with Crippen molar-refractivity contribution in [3.05, 3.63) is 105 Å². The number of pyridine rings is 1. The van der Waals surface area contributed by atoms with Gasteiger partial charge in [0.2, 0.25) is 11.8 Å². The smallest absolute Gasteiger partial charge is 0.354 e. The standard InChI is InChI=1S/C28H29N5O6.C2H6/c1-18-4-6-20(7-5-18)16-32-26(31-27(36)33(28(32)37)15-19(2)25(34)35)30-22-9-11-23(12-10-22)39-24-13-8-21(14-29-24)17-38-3;1-2/h4-14,19H,15-17H2,1-3H3,(H,34,35)(H,30,31,36);1-2H3/t19-;/m0./s1. The summed E-state index contributed by atoms with van der Waals surface area (Å²) in [6.07, 6.45) is 1.67. The second-order valence-electron chi connectivity index (χ2n) is 9.11. The van der Waals surface area contributed by atoms with E-state index in [-0.39, 0.29) is 19.0 Å². The topological polar surface area (TPSA) is 138 Å². The summed E-state index contributed by atoms with van der Waals surface area (Å²) in [6.45, 7) is 7.68. The minimum atomic E-state index is -1.11. The van der Waals surface area contributed by atoms with E-state index in [1.54, 1.807) is 43.6 Å². The quantitative estimate of drug-likeness (QED) is 0.269. The van der Waals surface area contributed by atoms with Gasteiger partial charge in [-0.05, 0) is 48.4 Å². The fourth-order valence-corrected chi connectivity index (χ4v) is 3.73. The highest BCUT2D eigenvalue weighted by Gasteiger charge is 2.19. The molecular formula is C30H35N5O6. The molecule has 41 heavy (non-hydrogen) atoms. The Bertz CT molecular complexity index is 1550. The normalized spacial score (nSPS) is 11.2. The van der Waals surface area contributed by atoms with Crippen molar-refractivity contribution >= 4 is 17.6 Å². The van der Waals surface area contributed by atoms with Crippen LogP contribution in [0.25, 0.3) is 0 Å². The molecule has 2 aromatic heterocycles. The first-order valence-electron chi connectivity index (χ1n) is 13.2. The number of ether oxygens (including phenoxy) is 2. The number of hydrogen-bond acceptors (Lipinski definition) is 8. The largest absolute Gasteiger partial charge is 0.481 e. The lowest BCUT2D eigenvalue weighted by Crippen LogP contribution is -2.44. The molecule has 0 spiro atoms. The Balaban J connectivity index is 0.00000226. The summed E-state index contributed by atoms with van der Waals surface area (Å²) in [7, 11) is 1.61. The number of nitrogens with one attached hydrogen (secondary N) is 1. The maximum atomic E-state index is 13.4. The fourth-order valence-electron chi connectivity index (χ4n) is 3.73. The highest BCUT2D eigenvalue weighted by molar-refractivity contribution is 5.69. The van der Waals surface area contributed by atoms with Crippen molar-refractivity contribution < 1.29 is 19.4 Å². The van der Waals surface area contributed by atoms with Gasteiger partial charge in [-0.15, -0.1) is 0 Å². The molecule has 0 saturated heterocycles. The number of aryl methyl sites for hydroxylation is 1. The number of rotatable bonds is 11. The number of aromatic nitrogens is 4. The third-order valence-corrected chi connectivity index (χ3v) is 5.93. The molecule has 4 aromatic rings. The number of carboxylic acid groups (broad SMARTS) is 1. The van der Waals surface area contributed by atoms with Crippen LogP contribution in [0.5, 0.6) is 11.6 Å². The molecule has 2 N–H and O–H groups in total. The average Bonchev–Trinajstić information content (AvgIpc) is 2.97. The molecule has 4 rings (SSSR count). The van der Waals surface area contributed by atoms with E-state index in [1.807, 2.05) is 51.1 Å². The minimum absolute atomic E-state index is 0.0360. The molecule has 0 saturated carbocycles. The summed E-state index contributed by atoms with van der Waals surface area (Å²) in [5.41, 5.74) is 1.87. The number of benzene rings is 2. The molecular weight excluding hydrogens is 526 g/mol. The molecule has 0 fully saturated rings. The lowest BCUT2D eigenvalue weighted by molar-refractivity contribution is -0.141. The Kier molecular flexibility index (Phi) is 10.9. The highest BCUT2D eigenvalue weighted by Crippen LogP contribution is 2.23. The number of methoxy groups -OCH3 is 1. The zero-order valence-corrected chi connectivity index (χ0v) is 23.8. The van der Waals surface area contributed by atoms with Crippen LogP contribution in [-0.2, 0) is 29.2 Å². The van der Waals surface area contributed by atoms with E-state index >= 15 is 0 Å². The molecule has 2 heterocycles. The molecule has 1 atom stereocenters. The number of aliphatic carboxylic acids is 1. The zero-order chi connectivity index (χ0) is 29.9. The van der Waals surface area contributed by atoms with Crippen LogP contribution >= 0.6 is 0 Å². The van der Waals surface area contributed by atoms with E-state index in [4.69, 9.17) is 9.47 Å². The van der Waals surface area contributed by atoms with Gasteiger partial charge in [0.15, 0.2) is 0 Å². The fraction of sp³-hybridized carbons (Fsp3) is 0.300. The summed E-state index contributed by atoms with van der Waals surface area (Å²) in [5, 5.41) is 12.3. The minimum Gasteiger partial charge on any atom is -0.481 e. The van der Waals surface area contributed by atoms with Crippen molar-refractivity contribution in [1.29, 1.82) is 0 Å². The number of carbonyl (C=O) groups is 1. The van der Waals surface area contributed by atoms with Gasteiger partial charge in [-0.1, -0.05) is 50.6 Å². The van der Waals surface area contributed by atoms with Gasteiger partial charge in [-0.2, -0.15) is 4.98 Å². The van der Waals surface area contributed by atoms with Crippen LogP contribution in [0, 0.1) is 12.8 Å². The van der Waals surface area contributed by atoms with E-state index in [2.05, 4.69) is 15.3 Å². The summed E-state index contributed by atoms with van der Waals surface area (Å²) in [6, 6.07) is 18.1. The predicted molar refractivity (Wildman–Crippen MR) is 156 cm³/mol. The van der Waals surface area contributed by atoms with Gasteiger partial charge < -0.3 is 19.9 Å². The Labute approximate surface area is 238 Å². The average molecular weight is 562 g/mol. The molecule has 11 heteroatoms. The van der Waals surface area contributed by atoms with Crippen LogP contribution < -0.4 is 21.4 Å². The van der Waals surface area contributed by atoms with E-state index < -0.39 is 23.3 Å². The molecule has 2 aromatic carbocycles. The Morgan fingerprint density at radius 2 is 1.63 bits per heavy atom. The lowest BCUT2D eigenvalue weighted by atomic mass is 10.1. The maximum Gasteiger partial charge on any atom is 0.354 e. The Morgan fingerprint density at radius 3 is 2.22 bits per heavy atom. The third kappa shape index (κ3) is 8.36. The van der Waals surface area contributed by atoms with E-state index in [0.29, 0.717) is 23.9 Å². The van der Waals surface area contributed by atoms with Crippen LogP contribution in [0.15, 0.2) is 76.4 Å². The summed E-state index contributed by atoms with van der Waals surface area (Å²) >= 11 is 0. The molecule has 0 radical (unpaired) electrons. The first-order valence-corrected chi connectivity index (χ1v) is 13.2. The van der Waals surface area contributed by atoms with Gasteiger partial charge >= 0.3 is 17.3 Å². The molecule has 0 unspecified atom stereocenters. The Hall–Kier alpha value is -4.77. The van der Waals surface area contributed by atoms with E-state index in [1.165, 1.54) is 11.5 Å². The van der Waals surface area contributed by atoms with Crippen LogP contribution in [0.4, 0.5) is 11.6 Å². The van der Waals surface area contributed by atoms with Crippen molar-refractivity contribution in [2.75, 3.05) is 12.4 Å². The van der Waals surface area contributed by atoms with Gasteiger partial charge in [0.25, 0.3) is 0 Å². The molecule has 0 aliphatic rings. The van der Waals surface area contributed by atoms with Crippen molar-refractivity contribution in [3.63, 3.8) is 0 Å². The first kappa shape index (κ1) is 30.8. The molecule has 0 aliphatic heterocycles. The van der Waals surface area contributed by atoms with Gasteiger partial charge in [-0.25, -0.2) is 19.1 Å². The second kappa shape index (κ2) is 14.6. The first-order chi connectivity index (χ1) is 19.7. The summed E-state index contributed by atoms with van der Waals surface area (Å²) in [4.78, 5) is 45.8. The zero-order valence-electron chi connectivity index (χ0n) is 23.8. The van der Waals surface area contributed by atoms with Gasteiger partial charge in [-0.3, -0.25) is 9.36 Å². The number of anilines is 2. The molecule has 216 valence electrons. The number of nitrogens with zero attached hydrogens (tertiary/aromatic N) is 4. The van der Waals surface area contributed by atoms with E-state index in [9.17, 15) is 19.5 Å². The van der Waals surface area contributed by atoms with Crippen molar-refractivity contribution in [2.45, 2.75) is 47.4 Å². The number of hydrogen-bond donors (Lipinski definition) is 2. The van der Waals surface area contributed by atoms with Crippen LogP contribution in [0.1, 0.15) is 37.5 Å². The molecule has 11 nitrogen and oxygen atoms in total. The maximum absolute atomic E-state index is 13.4. The molecule has 0 bridgehead atoms. The van der Waals surface area contributed by atoms with Crippen molar-refractivity contribution in [2.24, 2.45) is 5.92 Å². The monoisotopic (exact) mass is 561 g/mol. The lowest BCUT2D eigenvalue weighted by Gasteiger charge is -2.17. The van der Waals surface area contributed by atoms with Crippen LogP contribution in [0.3, 0.4) is 0 Å². The number of carboxylic acids is 1. The molecule has 0 aliphatic carbocycles. The summed E-state index contributed by atoms with van der Waals surface area (Å²) < 4.78 is 13.0. The SMILES string of the molecule is CC.COCc1ccc(Oc2ccc(Nc3nc(=O)n(C[C@H](C)C(=O)O)c(=O)n3Cc3ccc(C)cc3)cc2)nc1. The van der Waals surface area contributed by atoms with Gasteiger partial charge in [0, 0.05) is 31.6 Å². The van der Waals surface area contributed by atoms with Gasteiger partial charge in [0.1, 0.15) is 5.75 Å². The van der Waals surface area contributed by atoms with Gasteiger partial charge in [0.05, 0.1) is 19.1 Å². The molecule has 0 amide bonds. The Morgan fingerprint density at radius 1 is 0.976 bits per heavy atom. The highest BCUT2D eigenvalue weighted by atomic mass is 16.5.